The summed E-state index contributed by atoms with van der Waals surface area (Å²) in [6.07, 6.45) is 1.93. The summed E-state index contributed by atoms with van der Waals surface area (Å²) in [4.78, 5) is 12.0. The maximum absolute atomic E-state index is 12.0. The molecule has 0 spiro atoms. The Kier molecular flexibility index (Phi) is 4.10. The molecule has 4 nitrogen and oxygen atoms in total. The summed E-state index contributed by atoms with van der Waals surface area (Å²) >= 11 is 0. The average Bonchev–Trinajstić information content (AvgIpc) is 3.21. The molecule has 1 aromatic rings. The molecule has 19 heavy (non-hydrogen) atoms. The van der Waals surface area contributed by atoms with E-state index in [4.69, 9.17) is 15.2 Å². The summed E-state index contributed by atoms with van der Waals surface area (Å²) in [5.41, 5.74) is 6.32. The zero-order chi connectivity index (χ0) is 13.9. The van der Waals surface area contributed by atoms with Gasteiger partial charge < -0.3 is 15.2 Å². The van der Waals surface area contributed by atoms with Gasteiger partial charge >= 0.3 is 5.97 Å². The van der Waals surface area contributed by atoms with E-state index in [-0.39, 0.29) is 18.5 Å². The van der Waals surface area contributed by atoms with E-state index in [1.54, 1.807) is 6.92 Å². The third-order valence-electron chi connectivity index (χ3n) is 3.43. The molecule has 1 atom stereocenters. The van der Waals surface area contributed by atoms with Gasteiger partial charge in [-0.25, -0.2) is 4.79 Å². The van der Waals surface area contributed by atoms with Crippen molar-refractivity contribution < 1.29 is 14.3 Å². The predicted octanol–water partition coefficient (Wildman–Crippen LogP) is 2.04. The predicted molar refractivity (Wildman–Crippen MR) is 72.9 cm³/mol. The van der Waals surface area contributed by atoms with E-state index in [0.29, 0.717) is 6.61 Å². The Morgan fingerprint density at radius 2 is 2.21 bits per heavy atom. The van der Waals surface area contributed by atoms with Crippen molar-refractivity contribution in [3.63, 3.8) is 0 Å². The second kappa shape index (κ2) is 5.61. The molecule has 0 amide bonds. The van der Waals surface area contributed by atoms with Crippen LogP contribution in [0.1, 0.15) is 25.3 Å². The molecule has 1 aliphatic rings. The summed E-state index contributed by atoms with van der Waals surface area (Å²) in [6.45, 7) is 4.29. The van der Waals surface area contributed by atoms with E-state index in [1.807, 2.05) is 31.2 Å². The monoisotopic (exact) mass is 263 g/mol. The molecule has 0 saturated heterocycles. The number of benzene rings is 1. The van der Waals surface area contributed by atoms with Crippen molar-refractivity contribution in [3.05, 3.63) is 29.8 Å². The van der Waals surface area contributed by atoms with E-state index in [9.17, 15) is 4.79 Å². The number of ether oxygens (including phenoxy) is 2. The average molecular weight is 263 g/mol. The minimum atomic E-state index is -1.01. The largest absolute Gasteiger partial charge is 0.491 e. The first kappa shape index (κ1) is 13.9. The molecule has 0 bridgehead atoms. The third kappa shape index (κ3) is 3.26. The summed E-state index contributed by atoms with van der Waals surface area (Å²) in [5, 5.41) is 0. The fourth-order valence-corrected chi connectivity index (χ4v) is 2.12. The van der Waals surface area contributed by atoms with Gasteiger partial charge in [0.1, 0.15) is 12.4 Å². The van der Waals surface area contributed by atoms with Crippen LogP contribution in [-0.4, -0.2) is 24.7 Å². The summed E-state index contributed by atoms with van der Waals surface area (Å²) in [6, 6.07) is 7.71. The Labute approximate surface area is 113 Å². The Morgan fingerprint density at radius 3 is 2.79 bits per heavy atom. The van der Waals surface area contributed by atoms with E-state index < -0.39 is 5.54 Å². The van der Waals surface area contributed by atoms with Gasteiger partial charge in [0.2, 0.25) is 0 Å². The highest BCUT2D eigenvalue weighted by Crippen LogP contribution is 2.39. The van der Waals surface area contributed by atoms with Crippen molar-refractivity contribution in [2.24, 2.45) is 11.7 Å². The first-order chi connectivity index (χ1) is 9.06. The molecular formula is C15H21NO3. The van der Waals surface area contributed by atoms with Crippen molar-refractivity contribution in [1.29, 1.82) is 0 Å². The quantitative estimate of drug-likeness (QED) is 0.798. The highest BCUT2D eigenvalue weighted by atomic mass is 16.5. The van der Waals surface area contributed by atoms with Crippen molar-refractivity contribution in [3.8, 4) is 5.75 Å². The number of carbonyl (C=O) groups is 1. The van der Waals surface area contributed by atoms with Crippen molar-refractivity contribution >= 4 is 5.97 Å². The molecule has 1 aromatic carbocycles. The van der Waals surface area contributed by atoms with Crippen molar-refractivity contribution in [2.75, 3.05) is 13.2 Å². The van der Waals surface area contributed by atoms with Gasteiger partial charge in [0.25, 0.3) is 0 Å². The zero-order valence-electron chi connectivity index (χ0n) is 11.5. The molecule has 1 aliphatic carbocycles. The number of hydrogen-bond donors (Lipinski definition) is 1. The van der Waals surface area contributed by atoms with Crippen LogP contribution in [0.15, 0.2) is 24.3 Å². The molecular weight excluding hydrogens is 242 g/mol. The highest BCUT2D eigenvalue weighted by molar-refractivity contribution is 5.81. The number of esters is 1. The standard InChI is InChI=1S/C15H21NO3/c1-3-18-14(17)15(16,12-7-8-12)10-19-13-6-4-5-11(2)9-13/h4-6,9,12H,3,7-8,10,16H2,1-2H3. The number of aryl methyl sites for hydroxylation is 1. The molecule has 1 fully saturated rings. The molecule has 2 N–H and O–H groups in total. The van der Waals surface area contributed by atoms with E-state index in [1.165, 1.54) is 0 Å². The van der Waals surface area contributed by atoms with Crippen LogP contribution in [-0.2, 0) is 9.53 Å². The zero-order valence-corrected chi connectivity index (χ0v) is 11.5. The number of nitrogens with two attached hydrogens (primary N) is 1. The summed E-state index contributed by atoms with van der Waals surface area (Å²) in [5.74, 6) is 0.557. The first-order valence-corrected chi connectivity index (χ1v) is 6.72. The summed E-state index contributed by atoms with van der Waals surface area (Å²) < 4.78 is 10.8. The van der Waals surface area contributed by atoms with E-state index >= 15 is 0 Å². The molecule has 1 unspecified atom stereocenters. The van der Waals surface area contributed by atoms with Gasteiger partial charge in [-0.3, -0.25) is 0 Å². The molecule has 0 radical (unpaired) electrons. The minimum absolute atomic E-state index is 0.167. The Bertz CT molecular complexity index is 456. The topological polar surface area (TPSA) is 61.5 Å². The van der Waals surface area contributed by atoms with Crippen LogP contribution in [0.2, 0.25) is 0 Å². The van der Waals surface area contributed by atoms with Gasteiger partial charge in [0.05, 0.1) is 6.61 Å². The molecule has 0 aliphatic heterocycles. The first-order valence-electron chi connectivity index (χ1n) is 6.72. The lowest BCUT2D eigenvalue weighted by atomic mass is 9.96. The lowest BCUT2D eigenvalue weighted by molar-refractivity contribution is -0.151. The SMILES string of the molecule is CCOC(=O)C(N)(COc1cccc(C)c1)C1CC1. The maximum atomic E-state index is 12.0. The van der Waals surface area contributed by atoms with Crippen LogP contribution < -0.4 is 10.5 Å². The second-order valence-electron chi connectivity index (χ2n) is 5.14. The van der Waals surface area contributed by atoms with Crippen LogP contribution in [0.25, 0.3) is 0 Å². The van der Waals surface area contributed by atoms with Crippen LogP contribution in [0.3, 0.4) is 0 Å². The number of hydrogen-bond acceptors (Lipinski definition) is 4. The van der Waals surface area contributed by atoms with E-state index in [0.717, 1.165) is 24.2 Å². The van der Waals surface area contributed by atoms with Crippen LogP contribution in [0.4, 0.5) is 0 Å². The fraction of sp³-hybridized carbons (Fsp3) is 0.533. The Morgan fingerprint density at radius 1 is 1.47 bits per heavy atom. The molecule has 4 heteroatoms. The summed E-state index contributed by atoms with van der Waals surface area (Å²) in [7, 11) is 0. The van der Waals surface area contributed by atoms with Gasteiger partial charge in [-0.15, -0.1) is 0 Å². The lowest BCUT2D eigenvalue weighted by Crippen LogP contribution is -2.55. The normalized spacial score (nSPS) is 17.6. The molecule has 0 heterocycles. The van der Waals surface area contributed by atoms with E-state index in [2.05, 4.69) is 0 Å². The maximum Gasteiger partial charge on any atom is 0.329 e. The minimum Gasteiger partial charge on any atom is -0.491 e. The third-order valence-corrected chi connectivity index (χ3v) is 3.43. The van der Waals surface area contributed by atoms with Crippen molar-refractivity contribution in [1.82, 2.24) is 0 Å². The fourth-order valence-electron chi connectivity index (χ4n) is 2.12. The Balaban J connectivity index is 2.03. The lowest BCUT2D eigenvalue weighted by Gasteiger charge is -2.27. The van der Waals surface area contributed by atoms with Crippen LogP contribution >= 0.6 is 0 Å². The molecule has 1 saturated carbocycles. The van der Waals surface area contributed by atoms with Crippen molar-refractivity contribution in [2.45, 2.75) is 32.2 Å². The molecule has 2 rings (SSSR count). The van der Waals surface area contributed by atoms with Gasteiger partial charge in [-0.1, -0.05) is 12.1 Å². The van der Waals surface area contributed by atoms with Gasteiger partial charge in [-0.05, 0) is 50.3 Å². The van der Waals surface area contributed by atoms with Crippen LogP contribution in [0, 0.1) is 12.8 Å². The van der Waals surface area contributed by atoms with Gasteiger partial charge in [0.15, 0.2) is 5.54 Å². The highest BCUT2D eigenvalue weighted by Gasteiger charge is 2.50. The van der Waals surface area contributed by atoms with Gasteiger partial charge in [0, 0.05) is 0 Å². The molecule has 0 aromatic heterocycles. The molecule has 104 valence electrons. The van der Waals surface area contributed by atoms with Gasteiger partial charge in [-0.2, -0.15) is 0 Å². The Hall–Kier alpha value is -1.55. The smallest absolute Gasteiger partial charge is 0.329 e. The second-order valence-corrected chi connectivity index (χ2v) is 5.14. The van der Waals surface area contributed by atoms with Crippen LogP contribution in [0.5, 0.6) is 5.75 Å². The number of carbonyl (C=O) groups excluding carboxylic acids is 1. The number of rotatable bonds is 6.